The van der Waals surface area contributed by atoms with E-state index < -0.39 is 10.0 Å². The highest BCUT2D eigenvalue weighted by molar-refractivity contribution is 7.89. The SMILES string of the molecule is Cc1ccc2cc(CNS(=O)(=O)c3c(C)noc3C)c(=O)[nH]c2c1C. The summed E-state index contributed by atoms with van der Waals surface area (Å²) in [7, 11) is -3.82. The predicted octanol–water partition coefficient (Wildman–Crippen LogP) is 2.23. The van der Waals surface area contributed by atoms with Gasteiger partial charge in [0.15, 0.2) is 5.76 Å². The molecule has 0 fully saturated rings. The normalized spacial score (nSPS) is 12.0. The molecule has 2 heterocycles. The third-order valence-electron chi connectivity index (χ3n) is 4.32. The van der Waals surface area contributed by atoms with Gasteiger partial charge in [0.25, 0.3) is 5.56 Å². The molecule has 0 aliphatic carbocycles. The van der Waals surface area contributed by atoms with Gasteiger partial charge in [-0.25, -0.2) is 13.1 Å². The number of aromatic amines is 1. The second-order valence-electron chi connectivity index (χ2n) is 6.07. The first-order valence-corrected chi connectivity index (χ1v) is 9.23. The number of nitrogens with zero attached hydrogens (tertiary/aromatic N) is 1. The molecule has 8 heteroatoms. The molecule has 2 aromatic heterocycles. The van der Waals surface area contributed by atoms with Gasteiger partial charge in [0.05, 0.1) is 5.52 Å². The summed E-state index contributed by atoms with van der Waals surface area (Å²) in [4.78, 5) is 15.2. The molecule has 3 rings (SSSR count). The van der Waals surface area contributed by atoms with Gasteiger partial charge in [0, 0.05) is 12.1 Å². The number of nitrogens with one attached hydrogen (secondary N) is 2. The van der Waals surface area contributed by atoms with Crippen molar-refractivity contribution in [2.45, 2.75) is 39.1 Å². The molecule has 0 aliphatic heterocycles. The average molecular weight is 361 g/mol. The molecule has 0 radical (unpaired) electrons. The Morgan fingerprint density at radius 1 is 1.20 bits per heavy atom. The highest BCUT2D eigenvalue weighted by atomic mass is 32.2. The van der Waals surface area contributed by atoms with Crippen LogP contribution in [0, 0.1) is 27.7 Å². The van der Waals surface area contributed by atoms with E-state index in [-0.39, 0.29) is 28.5 Å². The molecule has 132 valence electrons. The Hall–Kier alpha value is -2.45. The molecule has 3 aromatic rings. The van der Waals surface area contributed by atoms with Gasteiger partial charge in [-0.05, 0) is 50.3 Å². The zero-order valence-electron chi connectivity index (χ0n) is 14.4. The number of pyridine rings is 1. The Labute approximate surface area is 145 Å². The summed E-state index contributed by atoms with van der Waals surface area (Å²) >= 11 is 0. The highest BCUT2D eigenvalue weighted by Crippen LogP contribution is 2.20. The van der Waals surface area contributed by atoms with E-state index >= 15 is 0 Å². The van der Waals surface area contributed by atoms with Crippen molar-refractivity contribution in [3.05, 3.63) is 56.7 Å². The number of benzene rings is 1. The molecule has 0 amide bonds. The van der Waals surface area contributed by atoms with Crippen LogP contribution in [-0.2, 0) is 16.6 Å². The fourth-order valence-electron chi connectivity index (χ4n) is 2.80. The Morgan fingerprint density at radius 3 is 2.56 bits per heavy atom. The second-order valence-corrected chi connectivity index (χ2v) is 7.78. The van der Waals surface area contributed by atoms with Crippen LogP contribution in [0.4, 0.5) is 0 Å². The standard InChI is InChI=1S/C17H19N3O4S/c1-9-5-6-13-7-14(17(21)19-15(13)10(9)2)8-18-25(22,23)16-11(3)20-24-12(16)4/h5-7,18H,8H2,1-4H3,(H,19,21). The van der Waals surface area contributed by atoms with Crippen molar-refractivity contribution in [3.8, 4) is 0 Å². The number of aromatic nitrogens is 2. The molecule has 0 aliphatic rings. The number of aryl methyl sites for hydroxylation is 4. The van der Waals surface area contributed by atoms with Gasteiger partial charge in [-0.3, -0.25) is 4.79 Å². The summed E-state index contributed by atoms with van der Waals surface area (Å²) < 4.78 is 32.3. The first-order chi connectivity index (χ1) is 11.7. The quantitative estimate of drug-likeness (QED) is 0.741. The topological polar surface area (TPSA) is 105 Å². The zero-order valence-corrected chi connectivity index (χ0v) is 15.2. The predicted molar refractivity (Wildman–Crippen MR) is 94.0 cm³/mol. The van der Waals surface area contributed by atoms with Crippen molar-refractivity contribution in [1.29, 1.82) is 0 Å². The van der Waals surface area contributed by atoms with Crippen molar-refractivity contribution in [1.82, 2.24) is 14.9 Å². The number of H-pyrrole nitrogens is 1. The van der Waals surface area contributed by atoms with Gasteiger partial charge in [0.1, 0.15) is 10.6 Å². The van der Waals surface area contributed by atoms with Crippen LogP contribution < -0.4 is 10.3 Å². The van der Waals surface area contributed by atoms with Crippen LogP contribution in [-0.4, -0.2) is 18.6 Å². The van der Waals surface area contributed by atoms with E-state index in [1.165, 1.54) is 6.92 Å². The average Bonchev–Trinajstić information content (AvgIpc) is 2.89. The molecule has 0 atom stereocenters. The van der Waals surface area contributed by atoms with Crippen molar-refractivity contribution in [3.63, 3.8) is 0 Å². The highest BCUT2D eigenvalue weighted by Gasteiger charge is 2.24. The molecule has 0 saturated heterocycles. The van der Waals surface area contributed by atoms with Crippen LogP contribution in [0.1, 0.15) is 28.1 Å². The molecule has 7 nitrogen and oxygen atoms in total. The van der Waals surface area contributed by atoms with E-state index in [0.717, 1.165) is 22.0 Å². The molecule has 25 heavy (non-hydrogen) atoms. The summed E-state index contributed by atoms with van der Waals surface area (Å²) in [5.74, 6) is 0.212. The fourth-order valence-corrected chi connectivity index (χ4v) is 4.14. The molecule has 0 spiro atoms. The number of rotatable bonds is 4. The van der Waals surface area contributed by atoms with Gasteiger partial charge in [0.2, 0.25) is 10.0 Å². The van der Waals surface area contributed by atoms with Crippen LogP contribution >= 0.6 is 0 Å². The first kappa shape index (κ1) is 17.4. The third-order valence-corrected chi connectivity index (χ3v) is 5.96. The Bertz CT molecular complexity index is 1110. The minimum absolute atomic E-state index is 0.0104. The molecule has 0 saturated carbocycles. The monoisotopic (exact) mass is 361 g/mol. The third kappa shape index (κ3) is 3.10. The first-order valence-electron chi connectivity index (χ1n) is 7.75. The van der Waals surface area contributed by atoms with E-state index in [1.54, 1.807) is 13.0 Å². The lowest BCUT2D eigenvalue weighted by molar-refractivity contribution is 0.390. The molecule has 1 aromatic carbocycles. The summed E-state index contributed by atoms with van der Waals surface area (Å²) in [6.07, 6.45) is 0. The smallest absolute Gasteiger partial charge is 0.252 e. The lowest BCUT2D eigenvalue weighted by Gasteiger charge is -2.09. The molecular weight excluding hydrogens is 342 g/mol. The largest absolute Gasteiger partial charge is 0.360 e. The Morgan fingerprint density at radius 2 is 1.92 bits per heavy atom. The number of sulfonamides is 1. The minimum Gasteiger partial charge on any atom is -0.360 e. The van der Waals surface area contributed by atoms with Crippen molar-refractivity contribution in [2.24, 2.45) is 0 Å². The molecule has 0 unspecified atom stereocenters. The van der Waals surface area contributed by atoms with Crippen molar-refractivity contribution < 1.29 is 12.9 Å². The lowest BCUT2D eigenvalue weighted by Crippen LogP contribution is -2.27. The maximum absolute atomic E-state index is 12.5. The number of hydrogen-bond acceptors (Lipinski definition) is 5. The Kier molecular flexibility index (Phi) is 4.26. The summed E-state index contributed by atoms with van der Waals surface area (Å²) in [5.41, 5.74) is 3.15. The van der Waals surface area contributed by atoms with E-state index in [0.29, 0.717) is 5.56 Å². The lowest BCUT2D eigenvalue weighted by atomic mass is 10.0. The van der Waals surface area contributed by atoms with E-state index in [9.17, 15) is 13.2 Å². The van der Waals surface area contributed by atoms with Crippen LogP contribution in [0.25, 0.3) is 10.9 Å². The Balaban J connectivity index is 1.95. The van der Waals surface area contributed by atoms with E-state index in [1.807, 2.05) is 26.0 Å². The van der Waals surface area contributed by atoms with E-state index in [2.05, 4.69) is 14.9 Å². The summed E-state index contributed by atoms with van der Waals surface area (Å²) in [6, 6.07) is 5.57. The maximum atomic E-state index is 12.5. The van der Waals surface area contributed by atoms with Crippen LogP contribution in [0.3, 0.4) is 0 Å². The van der Waals surface area contributed by atoms with Gasteiger partial charge in [-0.15, -0.1) is 0 Å². The molecular formula is C17H19N3O4S. The molecule has 2 N–H and O–H groups in total. The summed E-state index contributed by atoms with van der Waals surface area (Å²) in [6.45, 7) is 6.87. The van der Waals surface area contributed by atoms with Crippen LogP contribution in [0.5, 0.6) is 0 Å². The van der Waals surface area contributed by atoms with Crippen molar-refractivity contribution >= 4 is 20.9 Å². The van der Waals surface area contributed by atoms with Gasteiger partial charge in [-0.1, -0.05) is 17.3 Å². The minimum atomic E-state index is -3.82. The maximum Gasteiger partial charge on any atom is 0.252 e. The van der Waals surface area contributed by atoms with Crippen molar-refractivity contribution in [2.75, 3.05) is 0 Å². The zero-order chi connectivity index (χ0) is 18.4. The van der Waals surface area contributed by atoms with Crippen LogP contribution in [0.15, 0.2) is 32.4 Å². The van der Waals surface area contributed by atoms with Gasteiger partial charge >= 0.3 is 0 Å². The van der Waals surface area contributed by atoms with Crippen LogP contribution in [0.2, 0.25) is 0 Å². The molecule has 0 bridgehead atoms. The van der Waals surface area contributed by atoms with Gasteiger partial charge in [-0.2, -0.15) is 0 Å². The van der Waals surface area contributed by atoms with Gasteiger partial charge < -0.3 is 9.51 Å². The van der Waals surface area contributed by atoms with E-state index in [4.69, 9.17) is 4.52 Å². The second kappa shape index (κ2) is 6.12. The number of fused-ring (bicyclic) bond motifs is 1. The fraction of sp³-hybridized carbons (Fsp3) is 0.294. The number of hydrogen-bond donors (Lipinski definition) is 2. The summed E-state index contributed by atoms with van der Waals surface area (Å²) in [5, 5.41) is 4.51.